The number of rotatable bonds is 7. The van der Waals surface area contributed by atoms with Gasteiger partial charge in [-0.25, -0.2) is 13.1 Å². The van der Waals surface area contributed by atoms with Crippen molar-refractivity contribution in [1.29, 1.82) is 0 Å². The molecular weight excluding hydrogens is 370 g/mol. The number of carbonyl (C=O) groups is 1. The Balaban J connectivity index is 1.98. The van der Waals surface area contributed by atoms with E-state index in [1.165, 1.54) is 0 Å². The van der Waals surface area contributed by atoms with Crippen molar-refractivity contribution in [3.05, 3.63) is 69.2 Å². The highest BCUT2D eigenvalue weighted by Crippen LogP contribution is 2.26. The molecule has 0 heterocycles. The second-order valence-electron chi connectivity index (χ2n) is 4.96. The number of nitro groups is 1. The SMILES string of the molecule is O=C(CNS(=O)(=O)c1ccc(Cl)c([N+](=O)[O-])c1)NCc1ccccc1. The number of sulfonamides is 1. The third-order valence-electron chi connectivity index (χ3n) is 3.18. The Kier molecular flexibility index (Phi) is 6.07. The zero-order valence-corrected chi connectivity index (χ0v) is 14.4. The van der Waals surface area contributed by atoms with E-state index in [9.17, 15) is 23.3 Å². The number of benzene rings is 2. The van der Waals surface area contributed by atoms with Gasteiger partial charge in [0, 0.05) is 12.6 Å². The van der Waals surface area contributed by atoms with Crippen LogP contribution in [-0.2, 0) is 21.4 Å². The second-order valence-corrected chi connectivity index (χ2v) is 7.13. The summed E-state index contributed by atoms with van der Waals surface area (Å²) in [6, 6.07) is 12.2. The summed E-state index contributed by atoms with van der Waals surface area (Å²) in [5.74, 6) is -0.532. The lowest BCUT2D eigenvalue weighted by Gasteiger charge is -2.08. The Morgan fingerprint density at radius 2 is 1.84 bits per heavy atom. The zero-order chi connectivity index (χ0) is 18.4. The molecule has 0 saturated heterocycles. The molecule has 0 aliphatic rings. The van der Waals surface area contributed by atoms with Crippen LogP contribution in [0.25, 0.3) is 0 Å². The molecule has 2 rings (SSSR count). The summed E-state index contributed by atoms with van der Waals surface area (Å²) in [5.41, 5.74) is 0.338. The number of carbonyl (C=O) groups excluding carboxylic acids is 1. The number of halogens is 1. The van der Waals surface area contributed by atoms with Crippen molar-refractivity contribution in [2.45, 2.75) is 11.4 Å². The summed E-state index contributed by atoms with van der Waals surface area (Å²) in [5, 5.41) is 13.2. The van der Waals surface area contributed by atoms with Crippen LogP contribution in [0.4, 0.5) is 5.69 Å². The molecule has 2 N–H and O–H groups in total. The van der Waals surface area contributed by atoms with Crippen molar-refractivity contribution >= 4 is 33.2 Å². The number of nitrogens with zero attached hydrogens (tertiary/aromatic N) is 1. The van der Waals surface area contributed by atoms with Crippen LogP contribution in [0.5, 0.6) is 0 Å². The first-order valence-corrected chi connectivity index (χ1v) is 8.90. The van der Waals surface area contributed by atoms with Gasteiger partial charge in [-0.05, 0) is 17.7 Å². The van der Waals surface area contributed by atoms with E-state index in [0.29, 0.717) is 0 Å². The Morgan fingerprint density at radius 3 is 2.48 bits per heavy atom. The summed E-state index contributed by atoms with van der Waals surface area (Å²) < 4.78 is 26.4. The molecule has 0 aromatic heterocycles. The normalized spacial score (nSPS) is 11.1. The maximum Gasteiger partial charge on any atom is 0.289 e. The van der Waals surface area contributed by atoms with E-state index in [4.69, 9.17) is 11.6 Å². The fourth-order valence-electron chi connectivity index (χ4n) is 1.90. The molecular formula is C15H14ClN3O5S. The van der Waals surface area contributed by atoms with E-state index < -0.39 is 33.1 Å². The highest BCUT2D eigenvalue weighted by atomic mass is 35.5. The van der Waals surface area contributed by atoms with Crippen LogP contribution < -0.4 is 10.0 Å². The van der Waals surface area contributed by atoms with Crippen LogP contribution in [0, 0.1) is 10.1 Å². The van der Waals surface area contributed by atoms with Crippen LogP contribution in [0.1, 0.15) is 5.56 Å². The van der Waals surface area contributed by atoms with Crippen molar-refractivity contribution in [2.75, 3.05) is 6.54 Å². The van der Waals surface area contributed by atoms with E-state index in [-0.39, 0.29) is 16.5 Å². The first kappa shape index (κ1) is 18.8. The second kappa shape index (κ2) is 8.06. The van der Waals surface area contributed by atoms with Gasteiger partial charge in [-0.1, -0.05) is 41.9 Å². The summed E-state index contributed by atoms with van der Waals surface area (Å²) >= 11 is 5.65. The number of nitro benzene ring substituents is 1. The van der Waals surface area contributed by atoms with Crippen molar-refractivity contribution in [3.63, 3.8) is 0 Å². The van der Waals surface area contributed by atoms with Gasteiger partial charge < -0.3 is 5.32 Å². The lowest BCUT2D eigenvalue weighted by Crippen LogP contribution is -2.36. The number of hydrogen-bond donors (Lipinski definition) is 2. The van der Waals surface area contributed by atoms with Crippen molar-refractivity contribution < 1.29 is 18.1 Å². The molecule has 0 spiro atoms. The number of nitrogens with one attached hydrogen (secondary N) is 2. The van der Waals surface area contributed by atoms with Crippen molar-refractivity contribution in [1.82, 2.24) is 10.0 Å². The van der Waals surface area contributed by atoms with Crippen molar-refractivity contribution in [2.24, 2.45) is 0 Å². The fraction of sp³-hybridized carbons (Fsp3) is 0.133. The Morgan fingerprint density at radius 1 is 1.16 bits per heavy atom. The molecule has 8 nitrogen and oxygen atoms in total. The monoisotopic (exact) mass is 383 g/mol. The highest BCUT2D eigenvalue weighted by Gasteiger charge is 2.21. The summed E-state index contributed by atoms with van der Waals surface area (Å²) in [4.78, 5) is 21.5. The van der Waals surface area contributed by atoms with Gasteiger partial charge in [0.2, 0.25) is 15.9 Å². The topological polar surface area (TPSA) is 118 Å². The van der Waals surface area contributed by atoms with Crippen LogP contribution in [0.15, 0.2) is 53.4 Å². The highest BCUT2D eigenvalue weighted by molar-refractivity contribution is 7.89. The van der Waals surface area contributed by atoms with E-state index in [0.717, 1.165) is 23.8 Å². The smallest absolute Gasteiger partial charge is 0.289 e. The molecule has 10 heteroatoms. The molecule has 0 unspecified atom stereocenters. The molecule has 2 aromatic rings. The molecule has 0 aliphatic heterocycles. The zero-order valence-electron chi connectivity index (χ0n) is 12.8. The standard InChI is InChI=1S/C15H14ClN3O5S/c16-13-7-6-12(8-14(13)19(21)22)25(23,24)18-10-15(20)17-9-11-4-2-1-3-5-11/h1-8,18H,9-10H2,(H,17,20). The van der Waals surface area contributed by atoms with Gasteiger partial charge >= 0.3 is 0 Å². The predicted molar refractivity (Wildman–Crippen MR) is 91.6 cm³/mol. The van der Waals surface area contributed by atoms with E-state index in [1.807, 2.05) is 30.3 Å². The van der Waals surface area contributed by atoms with Gasteiger partial charge in [0.1, 0.15) is 5.02 Å². The van der Waals surface area contributed by atoms with Crippen molar-refractivity contribution in [3.8, 4) is 0 Å². The van der Waals surface area contributed by atoms with Gasteiger partial charge in [-0.15, -0.1) is 0 Å². The van der Waals surface area contributed by atoms with Gasteiger partial charge in [-0.2, -0.15) is 0 Å². The molecule has 25 heavy (non-hydrogen) atoms. The fourth-order valence-corrected chi connectivity index (χ4v) is 3.09. The average molecular weight is 384 g/mol. The largest absolute Gasteiger partial charge is 0.351 e. The lowest BCUT2D eigenvalue weighted by atomic mass is 10.2. The Labute approximate surface area is 149 Å². The lowest BCUT2D eigenvalue weighted by molar-refractivity contribution is -0.384. The average Bonchev–Trinajstić information content (AvgIpc) is 2.59. The van der Waals surface area contributed by atoms with Crippen LogP contribution in [0.3, 0.4) is 0 Å². The van der Waals surface area contributed by atoms with E-state index in [1.54, 1.807) is 0 Å². The molecule has 0 fully saturated rings. The van der Waals surface area contributed by atoms with Crippen LogP contribution in [-0.4, -0.2) is 25.8 Å². The minimum Gasteiger partial charge on any atom is -0.351 e. The molecule has 0 radical (unpaired) electrons. The number of hydrogen-bond acceptors (Lipinski definition) is 5. The molecule has 132 valence electrons. The third-order valence-corrected chi connectivity index (χ3v) is 4.90. The van der Waals surface area contributed by atoms with Crippen LogP contribution in [0.2, 0.25) is 5.02 Å². The molecule has 0 aliphatic carbocycles. The van der Waals surface area contributed by atoms with Gasteiger partial charge in [0.15, 0.2) is 0 Å². The summed E-state index contributed by atoms with van der Waals surface area (Å²) in [6.45, 7) is -0.237. The first-order chi connectivity index (χ1) is 11.8. The van der Waals surface area contributed by atoms with Gasteiger partial charge in [-0.3, -0.25) is 14.9 Å². The minimum absolute atomic E-state index is 0.176. The Bertz CT molecular complexity index is 887. The molecule has 2 aromatic carbocycles. The molecule has 0 bridgehead atoms. The summed E-state index contributed by atoms with van der Waals surface area (Å²) in [7, 11) is -4.08. The molecule has 1 amide bonds. The maximum atomic E-state index is 12.1. The maximum absolute atomic E-state index is 12.1. The Hall–Kier alpha value is -2.49. The van der Waals surface area contributed by atoms with E-state index >= 15 is 0 Å². The molecule has 0 saturated carbocycles. The number of amides is 1. The third kappa shape index (κ3) is 5.24. The molecule has 0 atom stereocenters. The quantitative estimate of drug-likeness (QED) is 0.558. The van der Waals surface area contributed by atoms with Gasteiger partial charge in [0.05, 0.1) is 16.4 Å². The predicted octanol–water partition coefficient (Wildman–Crippen LogP) is 1.84. The van der Waals surface area contributed by atoms with E-state index in [2.05, 4.69) is 10.0 Å². The van der Waals surface area contributed by atoms with Crippen LogP contribution >= 0.6 is 11.6 Å². The first-order valence-electron chi connectivity index (χ1n) is 7.04. The summed E-state index contributed by atoms with van der Waals surface area (Å²) in [6.07, 6.45) is 0. The van der Waals surface area contributed by atoms with Gasteiger partial charge in [0.25, 0.3) is 5.69 Å². The minimum atomic E-state index is -4.08.